The van der Waals surface area contributed by atoms with Gasteiger partial charge in [-0.15, -0.1) is 0 Å². The number of fused-ring (bicyclic) bond motifs is 3. The lowest BCUT2D eigenvalue weighted by Crippen LogP contribution is -2.77. The predicted molar refractivity (Wildman–Crippen MR) is 138 cm³/mol. The molecule has 2 aromatic rings. The number of aryl methyl sites for hydroxylation is 1. The minimum atomic E-state index is -3.05. The number of nitrogens with two attached hydrogens (primary N) is 1. The van der Waals surface area contributed by atoms with Crippen LogP contribution in [-0.2, 0) is 19.2 Å². The molecule has 2 fully saturated rings. The number of hydrogen-bond acceptors (Lipinski definition) is 9. The third-order valence-corrected chi connectivity index (χ3v) is 8.37. The fraction of sp³-hybridized carbons (Fsp3) is 0.345. The summed E-state index contributed by atoms with van der Waals surface area (Å²) in [6.45, 7) is 1.85. The Kier molecular flexibility index (Phi) is 6.17. The number of phenols is 1. The van der Waals surface area contributed by atoms with Gasteiger partial charge in [0.25, 0.3) is 0 Å². The first-order valence-corrected chi connectivity index (χ1v) is 12.5. The molecule has 7 atom stereocenters. The average Bonchev–Trinajstić information content (AvgIpc) is 2.86. The Morgan fingerprint density at radius 3 is 2.31 bits per heavy atom. The monoisotopic (exact) mass is 532 g/mol. The van der Waals surface area contributed by atoms with Crippen LogP contribution in [-0.4, -0.2) is 81.1 Å². The van der Waals surface area contributed by atoms with Crippen molar-refractivity contribution in [1.82, 2.24) is 4.90 Å². The smallest absolute Gasteiger partial charge is 0.235 e. The van der Waals surface area contributed by atoms with Crippen molar-refractivity contribution in [3.05, 3.63) is 64.7 Å². The van der Waals surface area contributed by atoms with E-state index in [-0.39, 0.29) is 11.1 Å². The van der Waals surface area contributed by atoms with Crippen LogP contribution in [0.15, 0.2) is 42.5 Å². The molecule has 2 saturated carbocycles. The molecule has 0 aliphatic heterocycles. The van der Waals surface area contributed by atoms with E-state index in [4.69, 9.17) is 5.73 Å². The number of aliphatic hydroxyl groups is 2. The molecule has 5 rings (SSSR count). The maximum atomic E-state index is 14.1. The van der Waals surface area contributed by atoms with Gasteiger partial charge in [-0.1, -0.05) is 42.5 Å². The highest BCUT2D eigenvalue weighted by Crippen LogP contribution is 2.54. The summed E-state index contributed by atoms with van der Waals surface area (Å²) in [5, 5.41) is 34.3. The Labute approximate surface area is 223 Å². The van der Waals surface area contributed by atoms with Crippen molar-refractivity contribution < 1.29 is 39.3 Å². The highest BCUT2D eigenvalue weighted by Gasteiger charge is 2.72. The summed E-state index contributed by atoms with van der Waals surface area (Å²) in [6, 6.07) is 10.2. The van der Waals surface area contributed by atoms with Crippen molar-refractivity contribution in [2.24, 2.45) is 29.4 Å². The lowest BCUT2D eigenvalue weighted by atomic mass is 9.50. The number of aromatic hydroxyl groups is 1. The van der Waals surface area contributed by atoms with Gasteiger partial charge in [-0.05, 0) is 49.3 Å². The number of rotatable bonds is 3. The number of aliphatic hydroxyl groups excluding tert-OH is 1. The van der Waals surface area contributed by atoms with Gasteiger partial charge in [0.2, 0.25) is 5.91 Å². The number of hydrogen-bond donors (Lipinski definition) is 4. The number of carbonyl (C=O) groups is 5. The molecule has 2 unspecified atom stereocenters. The van der Waals surface area contributed by atoms with Gasteiger partial charge in [0.1, 0.15) is 5.75 Å². The minimum Gasteiger partial charge on any atom is -0.507 e. The molecular weight excluding hydrogens is 504 g/mol. The number of carbonyl (C=O) groups excluding carboxylic acids is 5. The minimum absolute atomic E-state index is 0.184. The molecule has 0 radical (unpaired) electrons. The molecule has 10 heteroatoms. The van der Waals surface area contributed by atoms with Crippen molar-refractivity contribution in [2.75, 3.05) is 14.1 Å². The number of phenolic OH excluding ortho intramolecular Hbond substituents is 1. The topological polar surface area (TPSA) is 175 Å². The fourth-order valence-corrected chi connectivity index (χ4v) is 6.59. The van der Waals surface area contributed by atoms with E-state index in [0.717, 1.165) is 5.56 Å². The number of ketones is 4. The van der Waals surface area contributed by atoms with Crippen LogP contribution in [0.2, 0.25) is 0 Å². The number of primary amides is 1. The summed E-state index contributed by atoms with van der Waals surface area (Å²) in [5.74, 6) is -13.1. The molecule has 0 aromatic heterocycles. The van der Waals surface area contributed by atoms with E-state index >= 15 is 0 Å². The molecule has 0 saturated heterocycles. The molecule has 0 spiro atoms. The second kappa shape index (κ2) is 9.04. The number of nitrogens with zero attached hydrogens (tertiary/aromatic N) is 1. The molecule has 0 bridgehead atoms. The van der Waals surface area contributed by atoms with Crippen LogP contribution in [0.4, 0.5) is 0 Å². The second-order valence-corrected chi connectivity index (χ2v) is 10.7. The standard InChI is InChI=1S/C29H28N2O8/c1-12-7-4-5-8-13(12)11-15-14-9-6-10-16(32)17(14)23(33)19-18(15)24(34)21-22(31(2)3)25(35)20(28(30)38)27(37)29(21,39)26(19)36/h4-11,18-22,24,32,34,39H,1-3H3,(H2,30,38)/t18-,19?,20?,21-,22+,24+,29+/m1/s1. The molecular formula is C29H28N2O8. The lowest BCUT2D eigenvalue weighted by molar-refractivity contribution is -0.192. The fourth-order valence-electron chi connectivity index (χ4n) is 6.59. The van der Waals surface area contributed by atoms with Crippen molar-refractivity contribution in [3.8, 4) is 5.75 Å². The summed E-state index contributed by atoms with van der Waals surface area (Å²) >= 11 is 0. The molecule has 3 aliphatic rings. The first-order chi connectivity index (χ1) is 18.3. The highest BCUT2D eigenvalue weighted by molar-refractivity contribution is 6.33. The molecule has 1 amide bonds. The summed E-state index contributed by atoms with van der Waals surface area (Å²) in [7, 11) is 2.90. The Morgan fingerprint density at radius 1 is 1.03 bits per heavy atom. The van der Waals surface area contributed by atoms with E-state index in [9.17, 15) is 39.3 Å². The van der Waals surface area contributed by atoms with Gasteiger partial charge in [0, 0.05) is 5.92 Å². The van der Waals surface area contributed by atoms with Crippen LogP contribution in [0, 0.1) is 30.6 Å². The quantitative estimate of drug-likeness (QED) is 0.401. The summed E-state index contributed by atoms with van der Waals surface area (Å²) in [5.41, 5.74) is 4.29. The zero-order valence-electron chi connectivity index (χ0n) is 21.5. The first-order valence-electron chi connectivity index (χ1n) is 12.5. The molecule has 39 heavy (non-hydrogen) atoms. The SMILES string of the molecule is Cc1ccccc1C=C1c2cccc(O)c2C(=O)C2C(=O)[C@]3(O)C(=O)C(C(N)=O)C(=O)[C@@H](N(C)C)[C@@H]3[C@@H](O)[C@H]12. The number of benzene rings is 2. The van der Waals surface area contributed by atoms with Crippen molar-refractivity contribution in [3.63, 3.8) is 0 Å². The van der Waals surface area contributed by atoms with E-state index in [1.54, 1.807) is 24.3 Å². The number of amides is 1. The van der Waals surface area contributed by atoms with Gasteiger partial charge in [-0.25, -0.2) is 0 Å². The van der Waals surface area contributed by atoms with E-state index in [1.165, 1.54) is 31.1 Å². The van der Waals surface area contributed by atoms with Crippen LogP contribution in [0.1, 0.15) is 27.0 Å². The van der Waals surface area contributed by atoms with Crippen LogP contribution in [0.25, 0.3) is 11.6 Å². The van der Waals surface area contributed by atoms with Gasteiger partial charge in [-0.3, -0.25) is 28.9 Å². The maximum absolute atomic E-state index is 14.1. The van der Waals surface area contributed by atoms with Crippen molar-refractivity contribution in [1.29, 1.82) is 0 Å². The summed E-state index contributed by atoms with van der Waals surface area (Å²) in [6.07, 6.45) is -0.0522. The van der Waals surface area contributed by atoms with Crippen molar-refractivity contribution >= 4 is 40.7 Å². The van der Waals surface area contributed by atoms with Gasteiger partial charge in [0.05, 0.1) is 29.5 Å². The largest absolute Gasteiger partial charge is 0.507 e. The Balaban J connectivity index is 1.81. The Bertz CT molecular complexity index is 1490. The zero-order valence-corrected chi connectivity index (χ0v) is 21.5. The predicted octanol–water partition coefficient (Wildman–Crippen LogP) is 0.144. The number of Topliss-reactive ketones (excluding diaryl/α,β-unsaturated/α-hetero) is 4. The molecule has 2 aromatic carbocycles. The third kappa shape index (κ3) is 3.55. The van der Waals surface area contributed by atoms with E-state index < -0.39 is 76.2 Å². The first kappa shape index (κ1) is 26.6. The number of likely N-dealkylation sites (N-methyl/N-ethyl adjacent to an activating group) is 1. The van der Waals surface area contributed by atoms with Crippen LogP contribution in [0.5, 0.6) is 5.75 Å². The van der Waals surface area contributed by atoms with E-state index in [2.05, 4.69) is 0 Å². The Morgan fingerprint density at radius 2 is 1.69 bits per heavy atom. The molecule has 10 nitrogen and oxygen atoms in total. The van der Waals surface area contributed by atoms with Gasteiger partial charge < -0.3 is 21.1 Å². The van der Waals surface area contributed by atoms with Gasteiger partial charge in [-0.2, -0.15) is 0 Å². The van der Waals surface area contributed by atoms with Gasteiger partial charge >= 0.3 is 0 Å². The maximum Gasteiger partial charge on any atom is 0.235 e. The molecule has 0 heterocycles. The van der Waals surface area contributed by atoms with Gasteiger partial charge in [0.15, 0.2) is 34.7 Å². The normalized spacial score (nSPS) is 33.1. The third-order valence-electron chi connectivity index (χ3n) is 8.37. The van der Waals surface area contributed by atoms with E-state index in [1.807, 2.05) is 19.1 Å². The average molecular weight is 533 g/mol. The van der Waals surface area contributed by atoms with Crippen LogP contribution in [0.3, 0.4) is 0 Å². The summed E-state index contributed by atoms with van der Waals surface area (Å²) in [4.78, 5) is 68.2. The van der Waals surface area contributed by atoms with Crippen LogP contribution < -0.4 is 5.73 Å². The van der Waals surface area contributed by atoms with Crippen molar-refractivity contribution in [2.45, 2.75) is 24.7 Å². The zero-order chi connectivity index (χ0) is 28.5. The molecule has 202 valence electrons. The lowest BCUT2D eigenvalue weighted by Gasteiger charge is -2.55. The second-order valence-electron chi connectivity index (χ2n) is 10.7. The van der Waals surface area contributed by atoms with E-state index in [0.29, 0.717) is 11.1 Å². The Hall–Kier alpha value is -3.99. The molecule has 3 aliphatic carbocycles. The van der Waals surface area contributed by atoms with Crippen LogP contribution >= 0.6 is 0 Å². The highest BCUT2D eigenvalue weighted by atomic mass is 16.3. The molecule has 5 N–H and O–H groups in total. The summed E-state index contributed by atoms with van der Waals surface area (Å²) < 4.78 is 0.